The summed E-state index contributed by atoms with van der Waals surface area (Å²) in [4.78, 5) is 2.53. The Morgan fingerprint density at radius 3 is 2.70 bits per heavy atom. The second kappa shape index (κ2) is 6.75. The van der Waals surface area contributed by atoms with Gasteiger partial charge in [0, 0.05) is 18.2 Å². The molecule has 1 aliphatic rings. The van der Waals surface area contributed by atoms with Gasteiger partial charge in [-0.15, -0.1) is 0 Å². The molecule has 0 atom stereocenters. The highest BCUT2D eigenvalue weighted by molar-refractivity contribution is 5.98. The summed E-state index contributed by atoms with van der Waals surface area (Å²) in [6.07, 6.45) is 3.80. The van der Waals surface area contributed by atoms with Gasteiger partial charge in [-0.1, -0.05) is 43.3 Å². The maximum Gasteiger partial charge on any atom is 0.170 e. The van der Waals surface area contributed by atoms with Gasteiger partial charge >= 0.3 is 0 Å². The van der Waals surface area contributed by atoms with Gasteiger partial charge in [0.15, 0.2) is 5.84 Å². The topological polar surface area (TPSA) is 61.8 Å². The lowest BCUT2D eigenvalue weighted by Gasteiger charge is -2.24. The van der Waals surface area contributed by atoms with Gasteiger partial charge < -0.3 is 10.9 Å². The molecule has 0 amide bonds. The van der Waals surface area contributed by atoms with Crippen LogP contribution in [0.5, 0.6) is 0 Å². The largest absolute Gasteiger partial charge is 0.409 e. The minimum Gasteiger partial charge on any atom is -0.409 e. The average Bonchev–Trinajstić information content (AvgIpc) is 3.27. The SMILES string of the molecule is CC(C)CCN(Cc1ccccc1/C(N)=N/O)C1CC1. The fourth-order valence-electron chi connectivity index (χ4n) is 2.44. The van der Waals surface area contributed by atoms with Gasteiger partial charge in [0.05, 0.1) is 0 Å². The van der Waals surface area contributed by atoms with Crippen molar-refractivity contribution in [1.82, 2.24) is 4.90 Å². The number of oxime groups is 1. The van der Waals surface area contributed by atoms with Crippen LogP contribution in [-0.4, -0.2) is 28.5 Å². The lowest BCUT2D eigenvalue weighted by atomic mass is 10.1. The first-order valence-electron chi connectivity index (χ1n) is 7.41. The van der Waals surface area contributed by atoms with Crippen LogP contribution in [0.2, 0.25) is 0 Å². The summed E-state index contributed by atoms with van der Waals surface area (Å²) in [5, 5.41) is 12.0. The number of nitrogens with zero attached hydrogens (tertiary/aromatic N) is 2. The van der Waals surface area contributed by atoms with Crippen molar-refractivity contribution in [1.29, 1.82) is 0 Å². The molecule has 4 nitrogen and oxygen atoms in total. The molecular formula is C16H25N3O. The Bertz CT molecular complexity index is 467. The van der Waals surface area contributed by atoms with Crippen LogP contribution in [0.25, 0.3) is 0 Å². The highest BCUT2D eigenvalue weighted by Gasteiger charge is 2.29. The minimum atomic E-state index is 0.195. The molecule has 0 aliphatic heterocycles. The summed E-state index contributed by atoms with van der Waals surface area (Å²) in [6.45, 7) is 6.52. The Balaban J connectivity index is 2.10. The van der Waals surface area contributed by atoms with Crippen molar-refractivity contribution in [2.75, 3.05) is 6.54 Å². The van der Waals surface area contributed by atoms with Crippen LogP contribution < -0.4 is 5.73 Å². The molecule has 2 rings (SSSR count). The predicted octanol–water partition coefficient (Wildman–Crippen LogP) is 2.79. The van der Waals surface area contributed by atoms with Crippen LogP contribution in [-0.2, 0) is 6.54 Å². The van der Waals surface area contributed by atoms with Crippen LogP contribution in [0.15, 0.2) is 29.4 Å². The van der Waals surface area contributed by atoms with Crippen molar-refractivity contribution in [3.63, 3.8) is 0 Å². The number of amidine groups is 1. The third kappa shape index (κ3) is 3.97. The van der Waals surface area contributed by atoms with Crippen molar-refractivity contribution >= 4 is 5.84 Å². The van der Waals surface area contributed by atoms with E-state index in [2.05, 4.69) is 30.0 Å². The molecule has 0 saturated heterocycles. The molecule has 1 aromatic rings. The van der Waals surface area contributed by atoms with Crippen molar-refractivity contribution in [3.05, 3.63) is 35.4 Å². The fraction of sp³-hybridized carbons (Fsp3) is 0.562. The number of rotatable bonds is 7. The van der Waals surface area contributed by atoms with Gasteiger partial charge in [-0.2, -0.15) is 0 Å². The van der Waals surface area contributed by atoms with Gasteiger partial charge in [-0.25, -0.2) is 0 Å². The Morgan fingerprint density at radius 1 is 1.40 bits per heavy atom. The molecule has 110 valence electrons. The molecule has 1 aliphatic carbocycles. The quantitative estimate of drug-likeness (QED) is 0.348. The van der Waals surface area contributed by atoms with E-state index in [-0.39, 0.29) is 5.84 Å². The average molecular weight is 275 g/mol. The van der Waals surface area contributed by atoms with Crippen LogP contribution in [0, 0.1) is 5.92 Å². The number of hydrogen-bond acceptors (Lipinski definition) is 3. The van der Waals surface area contributed by atoms with E-state index in [9.17, 15) is 0 Å². The van der Waals surface area contributed by atoms with Crippen LogP contribution in [0.1, 0.15) is 44.2 Å². The Kier molecular flexibility index (Phi) is 5.01. The smallest absolute Gasteiger partial charge is 0.170 e. The van der Waals surface area contributed by atoms with Crippen molar-refractivity contribution in [3.8, 4) is 0 Å². The van der Waals surface area contributed by atoms with Crippen LogP contribution in [0.4, 0.5) is 0 Å². The molecule has 1 saturated carbocycles. The van der Waals surface area contributed by atoms with E-state index < -0.39 is 0 Å². The number of hydrogen-bond donors (Lipinski definition) is 2. The van der Waals surface area contributed by atoms with E-state index in [4.69, 9.17) is 10.9 Å². The van der Waals surface area contributed by atoms with Crippen LogP contribution >= 0.6 is 0 Å². The highest BCUT2D eigenvalue weighted by atomic mass is 16.4. The third-order valence-electron chi connectivity index (χ3n) is 3.83. The van der Waals surface area contributed by atoms with E-state index in [0.29, 0.717) is 6.04 Å². The van der Waals surface area contributed by atoms with E-state index in [0.717, 1.165) is 30.1 Å². The van der Waals surface area contributed by atoms with E-state index in [1.54, 1.807) is 0 Å². The molecule has 4 heteroatoms. The monoisotopic (exact) mass is 275 g/mol. The summed E-state index contributed by atoms with van der Waals surface area (Å²) in [5.41, 5.74) is 7.74. The minimum absolute atomic E-state index is 0.195. The molecule has 0 aromatic heterocycles. The molecule has 0 heterocycles. The van der Waals surface area contributed by atoms with Gasteiger partial charge in [-0.05, 0) is 37.3 Å². The zero-order valence-corrected chi connectivity index (χ0v) is 12.4. The van der Waals surface area contributed by atoms with Gasteiger partial charge in [0.1, 0.15) is 0 Å². The molecule has 1 fully saturated rings. The van der Waals surface area contributed by atoms with E-state index in [1.807, 2.05) is 18.2 Å². The normalized spacial score (nSPS) is 16.1. The molecule has 0 spiro atoms. The summed E-state index contributed by atoms with van der Waals surface area (Å²) in [6, 6.07) is 8.63. The second-order valence-electron chi connectivity index (χ2n) is 6.03. The molecule has 0 radical (unpaired) electrons. The lowest BCUT2D eigenvalue weighted by Crippen LogP contribution is -2.29. The molecule has 1 aromatic carbocycles. The Morgan fingerprint density at radius 2 is 2.10 bits per heavy atom. The van der Waals surface area contributed by atoms with Gasteiger partial charge in [0.25, 0.3) is 0 Å². The maximum absolute atomic E-state index is 8.89. The molecule has 0 bridgehead atoms. The number of benzene rings is 1. The summed E-state index contributed by atoms with van der Waals surface area (Å²) < 4.78 is 0. The van der Waals surface area contributed by atoms with Crippen molar-refractivity contribution < 1.29 is 5.21 Å². The standard InChI is InChI=1S/C16H25N3O/c1-12(2)9-10-19(14-7-8-14)11-13-5-3-4-6-15(13)16(17)18-20/h3-6,12,14,20H,7-11H2,1-2H3,(H2,17,18). The molecule has 20 heavy (non-hydrogen) atoms. The first-order valence-corrected chi connectivity index (χ1v) is 7.41. The lowest BCUT2D eigenvalue weighted by molar-refractivity contribution is 0.239. The fourth-order valence-corrected chi connectivity index (χ4v) is 2.44. The zero-order chi connectivity index (χ0) is 14.5. The summed E-state index contributed by atoms with van der Waals surface area (Å²) in [5.74, 6) is 0.913. The van der Waals surface area contributed by atoms with Gasteiger partial charge in [0.2, 0.25) is 0 Å². The van der Waals surface area contributed by atoms with Crippen LogP contribution in [0.3, 0.4) is 0 Å². The van der Waals surface area contributed by atoms with Crippen molar-refractivity contribution in [2.24, 2.45) is 16.8 Å². The second-order valence-corrected chi connectivity index (χ2v) is 6.03. The zero-order valence-electron chi connectivity index (χ0n) is 12.4. The number of nitrogens with two attached hydrogens (primary N) is 1. The summed E-state index contributed by atoms with van der Waals surface area (Å²) in [7, 11) is 0. The Labute approximate surface area is 121 Å². The van der Waals surface area contributed by atoms with Crippen molar-refractivity contribution in [2.45, 2.75) is 45.7 Å². The molecule has 3 N–H and O–H groups in total. The molecule has 0 unspecified atom stereocenters. The maximum atomic E-state index is 8.89. The van der Waals surface area contributed by atoms with E-state index in [1.165, 1.54) is 19.3 Å². The third-order valence-corrected chi connectivity index (χ3v) is 3.83. The predicted molar refractivity (Wildman–Crippen MR) is 81.8 cm³/mol. The first-order chi connectivity index (χ1) is 9.61. The van der Waals surface area contributed by atoms with Gasteiger partial charge in [-0.3, -0.25) is 4.90 Å². The Hall–Kier alpha value is -1.55. The first kappa shape index (κ1) is 14.9. The van der Waals surface area contributed by atoms with E-state index >= 15 is 0 Å². The highest BCUT2D eigenvalue weighted by Crippen LogP contribution is 2.29. The molecular weight excluding hydrogens is 250 g/mol. The summed E-state index contributed by atoms with van der Waals surface area (Å²) >= 11 is 0.